The lowest BCUT2D eigenvalue weighted by Crippen LogP contribution is -2.45. The number of piperidine rings is 1. The first-order chi connectivity index (χ1) is 12.5. The molecule has 0 atom stereocenters. The Hall–Kier alpha value is -2.41. The maximum Gasteiger partial charge on any atom is 0.257 e. The molecule has 2 aromatic heterocycles. The Kier molecular flexibility index (Phi) is 4.40. The Labute approximate surface area is 157 Å². The SMILES string of the molecule is Cc1ccc2nc(N3CCC(N(C)C(=O)c4cnn(C)c4)CC3)sc2c1. The zero-order valence-electron chi connectivity index (χ0n) is 15.3. The van der Waals surface area contributed by atoms with Crippen LogP contribution in [-0.2, 0) is 7.05 Å². The molecule has 0 bridgehead atoms. The van der Waals surface area contributed by atoms with Gasteiger partial charge in [-0.1, -0.05) is 17.4 Å². The molecule has 6 nitrogen and oxygen atoms in total. The van der Waals surface area contributed by atoms with E-state index in [2.05, 4.69) is 35.1 Å². The third-order valence-corrected chi connectivity index (χ3v) is 6.17. The van der Waals surface area contributed by atoms with Crippen LogP contribution in [0, 0.1) is 6.92 Å². The smallest absolute Gasteiger partial charge is 0.257 e. The first-order valence-corrected chi connectivity index (χ1v) is 9.71. The van der Waals surface area contributed by atoms with Gasteiger partial charge in [-0.25, -0.2) is 4.98 Å². The molecular weight excluding hydrogens is 346 g/mol. The lowest BCUT2D eigenvalue weighted by molar-refractivity contribution is 0.0709. The number of fused-ring (bicyclic) bond motifs is 1. The fourth-order valence-electron chi connectivity index (χ4n) is 3.50. The van der Waals surface area contributed by atoms with E-state index in [1.807, 2.05) is 19.0 Å². The van der Waals surface area contributed by atoms with E-state index < -0.39 is 0 Å². The van der Waals surface area contributed by atoms with Crippen molar-refractivity contribution in [2.24, 2.45) is 7.05 Å². The minimum Gasteiger partial charge on any atom is -0.348 e. The third-order valence-electron chi connectivity index (χ3n) is 5.09. The van der Waals surface area contributed by atoms with Crippen molar-refractivity contribution in [1.82, 2.24) is 19.7 Å². The molecule has 1 aromatic carbocycles. The average molecular weight is 369 g/mol. The van der Waals surface area contributed by atoms with E-state index >= 15 is 0 Å². The van der Waals surface area contributed by atoms with E-state index in [0.717, 1.165) is 36.6 Å². The van der Waals surface area contributed by atoms with Crippen LogP contribution < -0.4 is 4.90 Å². The maximum absolute atomic E-state index is 12.6. The van der Waals surface area contributed by atoms with Gasteiger partial charge in [0, 0.05) is 39.4 Å². The van der Waals surface area contributed by atoms with Crippen LogP contribution in [0.2, 0.25) is 0 Å². The summed E-state index contributed by atoms with van der Waals surface area (Å²) in [6.07, 6.45) is 5.32. The minimum absolute atomic E-state index is 0.0482. The highest BCUT2D eigenvalue weighted by Crippen LogP contribution is 2.31. The number of amides is 1. The second-order valence-corrected chi connectivity index (χ2v) is 8.01. The van der Waals surface area contributed by atoms with Crippen LogP contribution in [0.3, 0.4) is 0 Å². The van der Waals surface area contributed by atoms with Gasteiger partial charge >= 0.3 is 0 Å². The number of aryl methyl sites for hydroxylation is 2. The molecule has 0 radical (unpaired) electrons. The van der Waals surface area contributed by atoms with Gasteiger partial charge in [0.15, 0.2) is 5.13 Å². The zero-order valence-corrected chi connectivity index (χ0v) is 16.2. The Bertz CT molecular complexity index is 938. The molecule has 0 N–H and O–H groups in total. The molecule has 3 aromatic rings. The number of rotatable bonds is 3. The lowest BCUT2D eigenvalue weighted by Gasteiger charge is -2.36. The number of anilines is 1. The molecule has 1 aliphatic heterocycles. The molecule has 136 valence electrons. The van der Waals surface area contributed by atoms with Gasteiger partial charge in [0.25, 0.3) is 5.91 Å². The van der Waals surface area contributed by atoms with Crippen LogP contribution in [0.15, 0.2) is 30.6 Å². The number of benzene rings is 1. The van der Waals surface area contributed by atoms with Crippen molar-refractivity contribution in [2.75, 3.05) is 25.0 Å². The average Bonchev–Trinajstić information content (AvgIpc) is 3.26. The highest BCUT2D eigenvalue weighted by molar-refractivity contribution is 7.22. The van der Waals surface area contributed by atoms with Crippen LogP contribution in [0.25, 0.3) is 10.2 Å². The molecule has 0 saturated carbocycles. The molecule has 1 amide bonds. The number of thiazole rings is 1. The molecule has 0 spiro atoms. The third kappa shape index (κ3) is 3.19. The highest BCUT2D eigenvalue weighted by atomic mass is 32.1. The summed E-state index contributed by atoms with van der Waals surface area (Å²) in [4.78, 5) is 21.6. The minimum atomic E-state index is 0.0482. The normalized spacial score (nSPS) is 15.6. The summed E-state index contributed by atoms with van der Waals surface area (Å²) in [5.41, 5.74) is 2.99. The van der Waals surface area contributed by atoms with Crippen molar-refractivity contribution < 1.29 is 4.79 Å². The van der Waals surface area contributed by atoms with Crippen LogP contribution in [0.5, 0.6) is 0 Å². The monoisotopic (exact) mass is 369 g/mol. The van der Waals surface area contributed by atoms with Crippen LogP contribution in [0.4, 0.5) is 5.13 Å². The molecule has 4 rings (SSSR count). The van der Waals surface area contributed by atoms with Gasteiger partial charge < -0.3 is 9.80 Å². The quantitative estimate of drug-likeness (QED) is 0.712. The van der Waals surface area contributed by atoms with E-state index in [1.165, 1.54) is 10.3 Å². The van der Waals surface area contributed by atoms with E-state index in [4.69, 9.17) is 4.98 Å². The van der Waals surface area contributed by atoms with Gasteiger partial charge in [-0.2, -0.15) is 5.10 Å². The van der Waals surface area contributed by atoms with Gasteiger partial charge in [0.05, 0.1) is 22.0 Å². The molecule has 1 fully saturated rings. The summed E-state index contributed by atoms with van der Waals surface area (Å²) < 4.78 is 2.91. The maximum atomic E-state index is 12.6. The second kappa shape index (κ2) is 6.72. The number of nitrogens with zero attached hydrogens (tertiary/aromatic N) is 5. The number of hydrogen-bond acceptors (Lipinski definition) is 5. The van der Waals surface area contributed by atoms with Gasteiger partial charge in [0.2, 0.25) is 0 Å². The summed E-state index contributed by atoms with van der Waals surface area (Å²) in [7, 11) is 3.73. The Morgan fingerprint density at radius 1 is 1.31 bits per heavy atom. The highest BCUT2D eigenvalue weighted by Gasteiger charge is 2.27. The fraction of sp³-hybridized carbons (Fsp3) is 0.421. The Morgan fingerprint density at radius 2 is 2.08 bits per heavy atom. The molecule has 3 heterocycles. The predicted octanol–water partition coefficient (Wildman–Crippen LogP) is 3.08. The molecule has 7 heteroatoms. The second-order valence-electron chi connectivity index (χ2n) is 7.00. The summed E-state index contributed by atoms with van der Waals surface area (Å²) in [6, 6.07) is 6.66. The van der Waals surface area contributed by atoms with Crippen molar-refractivity contribution >= 4 is 32.6 Å². The summed E-state index contributed by atoms with van der Waals surface area (Å²) in [6.45, 7) is 3.96. The van der Waals surface area contributed by atoms with Crippen molar-refractivity contribution in [3.63, 3.8) is 0 Å². The molecule has 0 unspecified atom stereocenters. The largest absolute Gasteiger partial charge is 0.348 e. The molecule has 1 saturated heterocycles. The molecule has 26 heavy (non-hydrogen) atoms. The van der Waals surface area contributed by atoms with Crippen LogP contribution in [-0.4, -0.2) is 51.8 Å². The summed E-state index contributed by atoms with van der Waals surface area (Å²) in [5, 5.41) is 5.19. The standard InChI is InChI=1S/C19H23N5OS/c1-13-4-5-16-17(10-13)26-19(21-16)24-8-6-15(7-9-24)23(3)18(25)14-11-20-22(2)12-14/h4-5,10-12,15H,6-9H2,1-3H3. The summed E-state index contributed by atoms with van der Waals surface area (Å²) in [5.74, 6) is 0.0482. The van der Waals surface area contributed by atoms with E-state index in [-0.39, 0.29) is 11.9 Å². The van der Waals surface area contributed by atoms with Crippen molar-refractivity contribution in [1.29, 1.82) is 0 Å². The van der Waals surface area contributed by atoms with Crippen LogP contribution in [0.1, 0.15) is 28.8 Å². The number of hydrogen-bond donors (Lipinski definition) is 0. The van der Waals surface area contributed by atoms with E-state index in [0.29, 0.717) is 5.56 Å². The molecular formula is C19H23N5OS. The topological polar surface area (TPSA) is 54.3 Å². The van der Waals surface area contributed by atoms with Crippen molar-refractivity contribution in [2.45, 2.75) is 25.8 Å². The van der Waals surface area contributed by atoms with Crippen molar-refractivity contribution in [3.8, 4) is 0 Å². The van der Waals surface area contributed by atoms with E-state index in [9.17, 15) is 4.79 Å². The van der Waals surface area contributed by atoms with Gasteiger partial charge in [-0.15, -0.1) is 0 Å². The van der Waals surface area contributed by atoms with Gasteiger partial charge in [0.1, 0.15) is 0 Å². The fourth-order valence-corrected chi connectivity index (χ4v) is 4.62. The number of carbonyl (C=O) groups is 1. The first kappa shape index (κ1) is 17.0. The molecule has 1 aliphatic rings. The number of aromatic nitrogens is 3. The lowest BCUT2D eigenvalue weighted by atomic mass is 10.0. The number of carbonyl (C=O) groups excluding carboxylic acids is 1. The van der Waals surface area contributed by atoms with E-state index in [1.54, 1.807) is 28.4 Å². The predicted molar refractivity (Wildman–Crippen MR) is 105 cm³/mol. The summed E-state index contributed by atoms with van der Waals surface area (Å²) >= 11 is 1.76. The Balaban J connectivity index is 1.42. The van der Waals surface area contributed by atoms with Gasteiger partial charge in [-0.05, 0) is 37.5 Å². The van der Waals surface area contributed by atoms with Gasteiger partial charge in [-0.3, -0.25) is 9.48 Å². The first-order valence-electron chi connectivity index (χ1n) is 8.89. The zero-order chi connectivity index (χ0) is 18.3. The van der Waals surface area contributed by atoms with Crippen LogP contribution >= 0.6 is 11.3 Å². The molecule has 0 aliphatic carbocycles. The van der Waals surface area contributed by atoms with Crippen molar-refractivity contribution in [3.05, 3.63) is 41.7 Å². The Morgan fingerprint density at radius 3 is 2.77 bits per heavy atom.